The van der Waals surface area contributed by atoms with E-state index in [1.165, 1.54) is 36.8 Å². The predicted octanol–water partition coefficient (Wildman–Crippen LogP) is 5.39. The van der Waals surface area contributed by atoms with Crippen molar-refractivity contribution in [3.8, 4) is 0 Å². The van der Waals surface area contributed by atoms with Crippen LogP contribution in [0.1, 0.15) is 36.8 Å². The summed E-state index contributed by atoms with van der Waals surface area (Å²) in [5, 5.41) is 2.04. The molecule has 0 amide bonds. The molecule has 0 radical (unpaired) electrons. The highest BCUT2D eigenvalue weighted by Gasteiger charge is 2.24. The van der Waals surface area contributed by atoms with E-state index in [1.54, 1.807) is 0 Å². The number of alkyl halides is 1. The van der Waals surface area contributed by atoms with E-state index in [4.69, 9.17) is 11.6 Å². The Labute approximate surface area is 118 Å². The first kappa shape index (κ1) is 13.4. The van der Waals surface area contributed by atoms with Gasteiger partial charge >= 0.3 is 0 Å². The smallest absolute Gasteiger partial charge is 0.0440 e. The quantitative estimate of drug-likeness (QED) is 0.653. The standard InChI is InChI=1S/C15H20BrCl/c1-11-6-7-13(15(17)8-11)9-14(10-16)12-4-2-3-5-12/h6-8,12,14H,2-5,9-10H2,1H3. The molecule has 17 heavy (non-hydrogen) atoms. The third kappa shape index (κ3) is 3.48. The summed E-state index contributed by atoms with van der Waals surface area (Å²) in [4.78, 5) is 0. The summed E-state index contributed by atoms with van der Waals surface area (Å²) in [5.74, 6) is 1.64. The molecule has 0 bridgehead atoms. The van der Waals surface area contributed by atoms with Crippen molar-refractivity contribution >= 4 is 27.5 Å². The van der Waals surface area contributed by atoms with Crippen molar-refractivity contribution in [2.75, 3.05) is 5.33 Å². The van der Waals surface area contributed by atoms with Gasteiger partial charge in [0.2, 0.25) is 0 Å². The molecule has 0 aliphatic heterocycles. The van der Waals surface area contributed by atoms with Gasteiger partial charge in [0.15, 0.2) is 0 Å². The average molecular weight is 316 g/mol. The number of benzene rings is 1. The second-order valence-electron chi connectivity index (χ2n) is 5.26. The molecule has 1 unspecified atom stereocenters. The summed E-state index contributed by atoms with van der Waals surface area (Å²) in [6.45, 7) is 2.09. The summed E-state index contributed by atoms with van der Waals surface area (Å²) >= 11 is 10.0. The van der Waals surface area contributed by atoms with E-state index in [9.17, 15) is 0 Å². The molecule has 1 aliphatic rings. The number of halogens is 2. The van der Waals surface area contributed by atoms with E-state index in [-0.39, 0.29) is 0 Å². The third-order valence-corrected chi connectivity index (χ3v) is 5.14. The Bertz CT molecular complexity index is 369. The predicted molar refractivity (Wildman–Crippen MR) is 79.1 cm³/mol. The van der Waals surface area contributed by atoms with Crippen molar-refractivity contribution < 1.29 is 0 Å². The normalized spacial score (nSPS) is 18.5. The second kappa shape index (κ2) is 6.24. The van der Waals surface area contributed by atoms with Crippen molar-refractivity contribution in [2.24, 2.45) is 11.8 Å². The van der Waals surface area contributed by atoms with Crippen molar-refractivity contribution in [1.29, 1.82) is 0 Å². The Morgan fingerprint density at radius 3 is 2.65 bits per heavy atom. The van der Waals surface area contributed by atoms with E-state index < -0.39 is 0 Å². The first-order valence-electron chi connectivity index (χ1n) is 6.51. The average Bonchev–Trinajstić information content (AvgIpc) is 2.81. The van der Waals surface area contributed by atoms with E-state index >= 15 is 0 Å². The summed E-state index contributed by atoms with van der Waals surface area (Å²) in [6, 6.07) is 6.44. The fraction of sp³-hybridized carbons (Fsp3) is 0.600. The number of hydrogen-bond acceptors (Lipinski definition) is 0. The van der Waals surface area contributed by atoms with Gasteiger partial charge in [0.25, 0.3) is 0 Å². The molecular weight excluding hydrogens is 296 g/mol. The topological polar surface area (TPSA) is 0 Å². The van der Waals surface area contributed by atoms with Crippen molar-refractivity contribution in [3.05, 3.63) is 34.3 Å². The fourth-order valence-electron chi connectivity index (χ4n) is 2.88. The van der Waals surface area contributed by atoms with Crippen LogP contribution in [0.15, 0.2) is 18.2 Å². The van der Waals surface area contributed by atoms with Crippen LogP contribution in [-0.2, 0) is 6.42 Å². The molecule has 1 aromatic rings. The van der Waals surface area contributed by atoms with Gasteiger partial charge in [0, 0.05) is 10.4 Å². The molecule has 2 heteroatoms. The molecule has 0 nitrogen and oxygen atoms in total. The van der Waals surface area contributed by atoms with E-state index in [0.29, 0.717) is 0 Å². The van der Waals surface area contributed by atoms with Gasteiger partial charge in [-0.3, -0.25) is 0 Å². The highest BCUT2D eigenvalue weighted by atomic mass is 79.9. The van der Waals surface area contributed by atoms with E-state index in [1.807, 2.05) is 0 Å². The lowest BCUT2D eigenvalue weighted by atomic mass is 9.87. The minimum absolute atomic E-state index is 0.748. The van der Waals surface area contributed by atoms with Gasteiger partial charge in [-0.2, -0.15) is 0 Å². The number of aryl methyl sites for hydroxylation is 1. The molecule has 1 saturated carbocycles. The highest BCUT2D eigenvalue weighted by Crippen LogP contribution is 2.35. The van der Waals surface area contributed by atoms with Crippen LogP contribution in [0.25, 0.3) is 0 Å². The molecule has 0 N–H and O–H groups in total. The van der Waals surface area contributed by atoms with E-state index in [0.717, 1.165) is 28.6 Å². The van der Waals surface area contributed by atoms with Gasteiger partial charge in [-0.05, 0) is 42.4 Å². The molecular formula is C15H20BrCl. The third-order valence-electron chi connectivity index (χ3n) is 3.96. The minimum atomic E-state index is 0.748. The lowest BCUT2D eigenvalue weighted by Crippen LogP contribution is -2.16. The van der Waals surface area contributed by atoms with Gasteiger partial charge in [0.1, 0.15) is 0 Å². The van der Waals surface area contributed by atoms with Gasteiger partial charge in [-0.1, -0.05) is 65.3 Å². The Kier molecular flexibility index (Phi) is 4.93. The maximum atomic E-state index is 6.32. The maximum Gasteiger partial charge on any atom is 0.0440 e. The van der Waals surface area contributed by atoms with Crippen LogP contribution >= 0.6 is 27.5 Å². The highest BCUT2D eigenvalue weighted by molar-refractivity contribution is 9.09. The first-order valence-corrected chi connectivity index (χ1v) is 8.01. The van der Waals surface area contributed by atoms with Gasteiger partial charge in [-0.25, -0.2) is 0 Å². The monoisotopic (exact) mass is 314 g/mol. The molecule has 0 heterocycles. The molecule has 0 aromatic heterocycles. The number of hydrogen-bond donors (Lipinski definition) is 0. The molecule has 0 spiro atoms. The Balaban J connectivity index is 2.06. The molecule has 1 fully saturated rings. The molecule has 1 aliphatic carbocycles. The Morgan fingerprint density at radius 1 is 1.35 bits per heavy atom. The Hall–Kier alpha value is -0.0100. The molecule has 2 rings (SSSR count). The van der Waals surface area contributed by atoms with Crippen LogP contribution in [0.4, 0.5) is 0 Å². The summed E-state index contributed by atoms with van der Waals surface area (Å²) in [6.07, 6.45) is 6.75. The van der Waals surface area contributed by atoms with Gasteiger partial charge in [0.05, 0.1) is 0 Å². The zero-order valence-corrected chi connectivity index (χ0v) is 12.7. The summed E-state index contributed by atoms with van der Waals surface area (Å²) in [7, 11) is 0. The lowest BCUT2D eigenvalue weighted by molar-refractivity contribution is 0.373. The van der Waals surface area contributed by atoms with Crippen LogP contribution in [0.5, 0.6) is 0 Å². The summed E-state index contributed by atoms with van der Waals surface area (Å²) in [5.41, 5.74) is 2.56. The van der Waals surface area contributed by atoms with Crippen LogP contribution in [0, 0.1) is 18.8 Å². The largest absolute Gasteiger partial charge is 0.0925 e. The first-order chi connectivity index (χ1) is 8.20. The zero-order valence-electron chi connectivity index (χ0n) is 10.4. The minimum Gasteiger partial charge on any atom is -0.0925 e. The molecule has 94 valence electrons. The summed E-state index contributed by atoms with van der Waals surface area (Å²) < 4.78 is 0. The van der Waals surface area contributed by atoms with Crippen LogP contribution < -0.4 is 0 Å². The molecule has 1 aromatic carbocycles. The fourth-order valence-corrected chi connectivity index (χ4v) is 3.95. The van der Waals surface area contributed by atoms with Crippen LogP contribution in [-0.4, -0.2) is 5.33 Å². The maximum absolute atomic E-state index is 6.32. The number of rotatable bonds is 4. The van der Waals surface area contributed by atoms with Gasteiger partial charge in [-0.15, -0.1) is 0 Å². The van der Waals surface area contributed by atoms with E-state index in [2.05, 4.69) is 41.1 Å². The molecule has 1 atom stereocenters. The Morgan fingerprint density at radius 2 is 2.06 bits per heavy atom. The van der Waals surface area contributed by atoms with Crippen molar-refractivity contribution in [3.63, 3.8) is 0 Å². The van der Waals surface area contributed by atoms with Crippen molar-refractivity contribution in [1.82, 2.24) is 0 Å². The SMILES string of the molecule is Cc1ccc(CC(CBr)C2CCCC2)c(Cl)c1. The van der Waals surface area contributed by atoms with Crippen LogP contribution in [0.3, 0.4) is 0 Å². The zero-order chi connectivity index (χ0) is 12.3. The van der Waals surface area contributed by atoms with Crippen molar-refractivity contribution in [2.45, 2.75) is 39.0 Å². The van der Waals surface area contributed by atoms with Gasteiger partial charge < -0.3 is 0 Å². The second-order valence-corrected chi connectivity index (χ2v) is 6.31. The lowest BCUT2D eigenvalue weighted by Gasteiger charge is -2.21. The van der Waals surface area contributed by atoms with Crippen LogP contribution in [0.2, 0.25) is 5.02 Å². The molecule has 0 saturated heterocycles.